The maximum atomic E-state index is 12.3. The minimum atomic E-state index is -0.277. The predicted molar refractivity (Wildman–Crippen MR) is 106 cm³/mol. The van der Waals surface area contributed by atoms with Crippen LogP contribution in [0.4, 0.5) is 0 Å². The summed E-state index contributed by atoms with van der Waals surface area (Å²) < 4.78 is 16.4. The van der Waals surface area contributed by atoms with E-state index >= 15 is 0 Å². The number of hydrogen-bond acceptors (Lipinski definition) is 5. The van der Waals surface area contributed by atoms with Crippen LogP contribution in [0.25, 0.3) is 10.4 Å². The standard InChI is InChI=1S/C21H25N3O4/c1-2-26-21(25)18(12-14-27-19-6-4-3-5-7-19)16-17-8-10-20(11-9-17)28-15-13-23-24-22/h3-11,18H,2,12-16H2,1H3. The molecule has 0 aliphatic heterocycles. The molecule has 0 N–H and O–H groups in total. The monoisotopic (exact) mass is 383 g/mol. The van der Waals surface area contributed by atoms with Gasteiger partial charge in [0.2, 0.25) is 0 Å². The van der Waals surface area contributed by atoms with Gasteiger partial charge in [0.25, 0.3) is 0 Å². The van der Waals surface area contributed by atoms with Crippen molar-refractivity contribution in [3.63, 3.8) is 0 Å². The fourth-order valence-corrected chi connectivity index (χ4v) is 2.65. The SMILES string of the molecule is CCOC(=O)C(CCOc1ccccc1)Cc1ccc(OCCN=[N+]=[N-])cc1. The van der Waals surface area contributed by atoms with Crippen molar-refractivity contribution in [2.45, 2.75) is 19.8 Å². The van der Waals surface area contributed by atoms with Gasteiger partial charge in [-0.1, -0.05) is 35.4 Å². The number of hydrogen-bond donors (Lipinski definition) is 0. The van der Waals surface area contributed by atoms with Crippen LogP contribution in [0.5, 0.6) is 11.5 Å². The Labute approximate surface area is 164 Å². The van der Waals surface area contributed by atoms with E-state index in [4.69, 9.17) is 19.7 Å². The molecule has 0 radical (unpaired) electrons. The minimum absolute atomic E-state index is 0.214. The van der Waals surface area contributed by atoms with E-state index in [1.807, 2.05) is 54.6 Å². The van der Waals surface area contributed by atoms with Gasteiger partial charge in [-0.05, 0) is 55.1 Å². The Kier molecular flexibility index (Phi) is 9.24. The smallest absolute Gasteiger partial charge is 0.309 e. The number of esters is 1. The number of para-hydroxylation sites is 1. The molecular weight excluding hydrogens is 358 g/mol. The van der Waals surface area contributed by atoms with Crippen molar-refractivity contribution in [1.82, 2.24) is 0 Å². The maximum absolute atomic E-state index is 12.3. The molecule has 0 spiro atoms. The average molecular weight is 383 g/mol. The second-order valence-corrected chi connectivity index (χ2v) is 6.05. The lowest BCUT2D eigenvalue weighted by atomic mass is 9.96. The van der Waals surface area contributed by atoms with Crippen molar-refractivity contribution < 1.29 is 19.0 Å². The third kappa shape index (κ3) is 7.60. The van der Waals surface area contributed by atoms with Gasteiger partial charge in [-0.15, -0.1) is 0 Å². The van der Waals surface area contributed by atoms with Crippen molar-refractivity contribution in [3.8, 4) is 11.5 Å². The van der Waals surface area contributed by atoms with Crippen LogP contribution in [0.3, 0.4) is 0 Å². The van der Waals surface area contributed by atoms with Crippen molar-refractivity contribution >= 4 is 5.97 Å². The Morgan fingerprint density at radius 3 is 2.39 bits per heavy atom. The first-order valence-electron chi connectivity index (χ1n) is 9.30. The lowest BCUT2D eigenvalue weighted by molar-refractivity contribution is -0.148. The van der Waals surface area contributed by atoms with Crippen LogP contribution in [-0.4, -0.2) is 32.3 Å². The molecule has 0 saturated carbocycles. The Morgan fingerprint density at radius 2 is 1.71 bits per heavy atom. The van der Waals surface area contributed by atoms with Crippen LogP contribution in [0.1, 0.15) is 18.9 Å². The summed E-state index contributed by atoms with van der Waals surface area (Å²) in [6, 6.07) is 17.1. The van der Waals surface area contributed by atoms with E-state index in [-0.39, 0.29) is 18.4 Å². The summed E-state index contributed by atoms with van der Waals surface area (Å²) in [4.78, 5) is 15.0. The van der Waals surface area contributed by atoms with Gasteiger partial charge in [0.1, 0.15) is 11.5 Å². The zero-order valence-electron chi connectivity index (χ0n) is 16.0. The molecule has 7 nitrogen and oxygen atoms in total. The van der Waals surface area contributed by atoms with E-state index in [0.717, 1.165) is 11.3 Å². The van der Waals surface area contributed by atoms with Gasteiger partial charge in [0.15, 0.2) is 0 Å². The summed E-state index contributed by atoms with van der Waals surface area (Å²) in [6.45, 7) is 3.20. The highest BCUT2D eigenvalue weighted by atomic mass is 16.5. The molecule has 0 bridgehead atoms. The van der Waals surface area contributed by atoms with Crippen LogP contribution in [0.15, 0.2) is 59.7 Å². The van der Waals surface area contributed by atoms with E-state index in [0.29, 0.717) is 38.4 Å². The number of benzene rings is 2. The van der Waals surface area contributed by atoms with E-state index in [2.05, 4.69) is 10.0 Å². The molecule has 0 aliphatic rings. The fraction of sp³-hybridized carbons (Fsp3) is 0.381. The number of azide groups is 1. The van der Waals surface area contributed by atoms with Gasteiger partial charge < -0.3 is 14.2 Å². The lowest BCUT2D eigenvalue weighted by Crippen LogP contribution is -2.22. The summed E-state index contributed by atoms with van der Waals surface area (Å²) in [5, 5.41) is 3.42. The van der Waals surface area contributed by atoms with Crippen LogP contribution in [-0.2, 0) is 16.0 Å². The van der Waals surface area contributed by atoms with E-state index < -0.39 is 0 Å². The summed E-state index contributed by atoms with van der Waals surface area (Å²) in [5.74, 6) is 0.985. The topological polar surface area (TPSA) is 93.5 Å². The highest BCUT2D eigenvalue weighted by Gasteiger charge is 2.20. The summed E-state index contributed by atoms with van der Waals surface area (Å²) >= 11 is 0. The molecule has 0 saturated heterocycles. The van der Waals surface area contributed by atoms with Crippen molar-refractivity contribution in [1.29, 1.82) is 0 Å². The molecule has 148 valence electrons. The van der Waals surface area contributed by atoms with Gasteiger partial charge in [-0.25, -0.2) is 0 Å². The average Bonchev–Trinajstić information content (AvgIpc) is 2.72. The zero-order chi connectivity index (χ0) is 20.0. The first kappa shape index (κ1) is 21.1. The summed E-state index contributed by atoms with van der Waals surface area (Å²) in [5.41, 5.74) is 9.26. The first-order valence-corrected chi connectivity index (χ1v) is 9.30. The molecule has 2 aromatic rings. The van der Waals surface area contributed by atoms with Crippen LogP contribution >= 0.6 is 0 Å². The van der Waals surface area contributed by atoms with E-state index in [9.17, 15) is 4.79 Å². The number of nitrogens with zero attached hydrogens (tertiary/aromatic N) is 3. The fourth-order valence-electron chi connectivity index (χ4n) is 2.65. The van der Waals surface area contributed by atoms with Gasteiger partial charge >= 0.3 is 5.97 Å². The number of carbonyl (C=O) groups is 1. The molecule has 0 aromatic heterocycles. The highest BCUT2D eigenvalue weighted by molar-refractivity contribution is 5.72. The van der Waals surface area contributed by atoms with Gasteiger partial charge in [-0.3, -0.25) is 4.79 Å². The zero-order valence-corrected chi connectivity index (χ0v) is 16.0. The second-order valence-electron chi connectivity index (χ2n) is 6.05. The predicted octanol–water partition coefficient (Wildman–Crippen LogP) is 4.57. The van der Waals surface area contributed by atoms with Gasteiger partial charge in [0, 0.05) is 4.91 Å². The van der Waals surface area contributed by atoms with Crippen LogP contribution in [0.2, 0.25) is 0 Å². The molecule has 2 aromatic carbocycles. The van der Waals surface area contributed by atoms with Crippen molar-refractivity contribution in [3.05, 3.63) is 70.6 Å². The maximum Gasteiger partial charge on any atom is 0.309 e. The van der Waals surface area contributed by atoms with Crippen LogP contribution < -0.4 is 9.47 Å². The largest absolute Gasteiger partial charge is 0.494 e. The molecule has 1 unspecified atom stereocenters. The summed E-state index contributed by atoms with van der Waals surface area (Å²) in [7, 11) is 0. The second kappa shape index (κ2) is 12.3. The number of rotatable bonds is 12. The molecule has 0 amide bonds. The third-order valence-electron chi connectivity index (χ3n) is 4.03. The Morgan fingerprint density at radius 1 is 1.04 bits per heavy atom. The summed E-state index contributed by atoms with van der Waals surface area (Å²) in [6.07, 6.45) is 1.13. The third-order valence-corrected chi connectivity index (χ3v) is 4.03. The number of carbonyl (C=O) groups excluding carboxylic acids is 1. The lowest BCUT2D eigenvalue weighted by Gasteiger charge is -2.16. The molecule has 0 heterocycles. The molecule has 7 heteroatoms. The van der Waals surface area contributed by atoms with Crippen molar-refractivity contribution in [2.24, 2.45) is 11.0 Å². The molecular formula is C21H25N3O4. The Hall–Kier alpha value is -3.18. The Balaban J connectivity index is 1.89. The molecule has 0 fully saturated rings. The molecule has 1 atom stereocenters. The van der Waals surface area contributed by atoms with E-state index in [1.54, 1.807) is 6.92 Å². The van der Waals surface area contributed by atoms with E-state index in [1.165, 1.54) is 0 Å². The normalized spacial score (nSPS) is 11.2. The number of ether oxygens (including phenoxy) is 3. The first-order chi connectivity index (χ1) is 13.7. The quantitative estimate of drug-likeness (QED) is 0.176. The minimum Gasteiger partial charge on any atom is -0.494 e. The molecule has 2 rings (SSSR count). The van der Waals surface area contributed by atoms with Gasteiger partial charge in [0.05, 0.1) is 32.3 Å². The highest BCUT2D eigenvalue weighted by Crippen LogP contribution is 2.19. The Bertz CT molecular complexity index is 759. The molecule has 28 heavy (non-hydrogen) atoms. The van der Waals surface area contributed by atoms with Crippen LogP contribution in [0, 0.1) is 5.92 Å². The molecule has 0 aliphatic carbocycles. The van der Waals surface area contributed by atoms with Gasteiger partial charge in [-0.2, -0.15) is 0 Å². The van der Waals surface area contributed by atoms with Crippen molar-refractivity contribution in [2.75, 3.05) is 26.4 Å².